The van der Waals surface area contributed by atoms with Crippen LogP contribution in [0.2, 0.25) is 0 Å². The molecule has 0 aromatic carbocycles. The van der Waals surface area contributed by atoms with Gasteiger partial charge >= 0.3 is 0 Å². The van der Waals surface area contributed by atoms with Crippen molar-refractivity contribution in [1.29, 1.82) is 0 Å². The summed E-state index contributed by atoms with van der Waals surface area (Å²) >= 11 is 0. The van der Waals surface area contributed by atoms with Gasteiger partial charge in [-0.25, -0.2) is 0 Å². The average molecular weight is 338 g/mol. The normalized spacial score (nSPS) is 12.6. The third-order valence-corrected chi connectivity index (χ3v) is 5.54. The van der Waals surface area contributed by atoms with Crippen molar-refractivity contribution < 1.29 is 0 Å². The van der Waals surface area contributed by atoms with Crippen LogP contribution in [0, 0.1) is 12.8 Å². The van der Waals surface area contributed by atoms with E-state index in [-0.39, 0.29) is 0 Å². The molecular weight excluding hydrogens is 288 g/mol. The van der Waals surface area contributed by atoms with E-state index < -0.39 is 0 Å². The highest BCUT2D eigenvalue weighted by molar-refractivity contribution is 4.62. The Balaban J connectivity index is 3.70. The van der Waals surface area contributed by atoms with Crippen LogP contribution >= 0.6 is 0 Å². The highest BCUT2D eigenvalue weighted by atomic mass is 14.1. The van der Waals surface area contributed by atoms with Crippen LogP contribution in [0.3, 0.4) is 0 Å². The summed E-state index contributed by atoms with van der Waals surface area (Å²) in [4.78, 5) is 0. The summed E-state index contributed by atoms with van der Waals surface area (Å²) in [5.41, 5.74) is 0. The van der Waals surface area contributed by atoms with Gasteiger partial charge in [0.1, 0.15) is 0 Å². The lowest BCUT2D eigenvalue weighted by atomic mass is 9.89. The van der Waals surface area contributed by atoms with Crippen LogP contribution in [0.25, 0.3) is 0 Å². The number of rotatable bonds is 20. The molecule has 0 aliphatic heterocycles. The van der Waals surface area contributed by atoms with Gasteiger partial charge in [0.25, 0.3) is 0 Å². The maximum absolute atomic E-state index is 3.98. The van der Waals surface area contributed by atoms with Crippen molar-refractivity contribution in [1.82, 2.24) is 0 Å². The van der Waals surface area contributed by atoms with Crippen LogP contribution in [0.1, 0.15) is 142 Å². The lowest BCUT2D eigenvalue weighted by Gasteiger charge is -2.17. The third-order valence-electron chi connectivity index (χ3n) is 5.54. The summed E-state index contributed by atoms with van der Waals surface area (Å²) in [5.74, 6) is 1.02. The van der Waals surface area contributed by atoms with Crippen molar-refractivity contribution in [2.24, 2.45) is 5.92 Å². The van der Waals surface area contributed by atoms with Gasteiger partial charge in [-0.15, -0.1) is 0 Å². The number of unbranched alkanes of at least 4 members (excludes halogenated alkanes) is 14. The summed E-state index contributed by atoms with van der Waals surface area (Å²) in [6.07, 6.45) is 28.7. The number of hydrogen-bond donors (Lipinski definition) is 0. The molecule has 0 N–H and O–H groups in total. The smallest absolute Gasteiger partial charge is 0.0414 e. The first kappa shape index (κ1) is 24.0. The van der Waals surface area contributed by atoms with E-state index in [1.54, 1.807) is 0 Å². The van der Waals surface area contributed by atoms with Gasteiger partial charge < -0.3 is 0 Å². The second kappa shape index (κ2) is 21.0. The van der Waals surface area contributed by atoms with Gasteiger partial charge in [0.15, 0.2) is 0 Å². The Labute approximate surface area is 155 Å². The van der Waals surface area contributed by atoms with E-state index in [9.17, 15) is 0 Å². The van der Waals surface area contributed by atoms with E-state index in [2.05, 4.69) is 20.8 Å². The lowest BCUT2D eigenvalue weighted by Crippen LogP contribution is -2.01. The molecule has 0 aliphatic rings. The predicted molar refractivity (Wildman–Crippen MR) is 113 cm³/mol. The molecule has 1 atom stereocenters. The van der Waals surface area contributed by atoms with Crippen LogP contribution < -0.4 is 0 Å². The molecule has 24 heavy (non-hydrogen) atoms. The molecule has 0 aromatic heterocycles. The molecule has 0 heteroatoms. The van der Waals surface area contributed by atoms with E-state index >= 15 is 0 Å². The second-order valence-electron chi connectivity index (χ2n) is 8.04. The summed E-state index contributed by atoms with van der Waals surface area (Å²) < 4.78 is 0. The van der Waals surface area contributed by atoms with Crippen LogP contribution in [0.4, 0.5) is 0 Å². The molecule has 1 radical (unpaired) electrons. The molecule has 0 amide bonds. The van der Waals surface area contributed by atoms with Gasteiger partial charge in [0.05, 0.1) is 0 Å². The van der Waals surface area contributed by atoms with Gasteiger partial charge in [-0.3, -0.25) is 0 Å². The Bertz CT molecular complexity index is 208. The van der Waals surface area contributed by atoms with E-state index in [1.807, 2.05) is 0 Å². The predicted octanol–water partition coefficient (Wildman–Crippen LogP) is 9.28. The van der Waals surface area contributed by atoms with E-state index in [4.69, 9.17) is 0 Å². The highest BCUT2D eigenvalue weighted by Gasteiger charge is 2.08. The average Bonchev–Trinajstić information content (AvgIpc) is 2.60. The Morgan fingerprint density at radius 2 is 0.792 bits per heavy atom. The van der Waals surface area contributed by atoms with Gasteiger partial charge in [0, 0.05) is 0 Å². The molecule has 0 saturated heterocycles. The minimum Gasteiger partial charge on any atom is -0.0654 e. The Morgan fingerprint density at radius 3 is 1.17 bits per heavy atom. The minimum absolute atomic E-state index is 1.02. The topological polar surface area (TPSA) is 0 Å². The minimum atomic E-state index is 1.02. The first-order valence-electron chi connectivity index (χ1n) is 11.6. The van der Waals surface area contributed by atoms with Gasteiger partial charge in [-0.2, -0.15) is 0 Å². The van der Waals surface area contributed by atoms with E-state index in [0.29, 0.717) is 0 Å². The van der Waals surface area contributed by atoms with Crippen LogP contribution in [-0.4, -0.2) is 0 Å². The standard InChI is InChI=1S/C24H49/c1-4-7-10-13-15-17-20-23-24(21-18-12-9-6-3)22-19-16-14-11-8-5-2/h24H,3-23H2,1-2H3. The van der Waals surface area contributed by atoms with Gasteiger partial charge in [-0.1, -0.05) is 149 Å². The van der Waals surface area contributed by atoms with E-state index in [1.165, 1.54) is 122 Å². The van der Waals surface area contributed by atoms with Gasteiger partial charge in [0.2, 0.25) is 0 Å². The van der Waals surface area contributed by atoms with Crippen molar-refractivity contribution in [3.63, 3.8) is 0 Å². The summed E-state index contributed by atoms with van der Waals surface area (Å²) in [6, 6.07) is 0. The molecule has 0 aromatic rings. The van der Waals surface area contributed by atoms with Crippen LogP contribution in [-0.2, 0) is 0 Å². The largest absolute Gasteiger partial charge is 0.0654 e. The molecule has 0 saturated carbocycles. The lowest BCUT2D eigenvalue weighted by molar-refractivity contribution is 0.367. The third kappa shape index (κ3) is 18.3. The summed E-state index contributed by atoms with van der Waals surface area (Å²) in [7, 11) is 0. The molecule has 0 heterocycles. The summed E-state index contributed by atoms with van der Waals surface area (Å²) in [5, 5.41) is 0. The molecule has 0 rings (SSSR count). The van der Waals surface area contributed by atoms with Crippen molar-refractivity contribution in [2.45, 2.75) is 142 Å². The van der Waals surface area contributed by atoms with Crippen LogP contribution in [0.15, 0.2) is 0 Å². The molecule has 0 bridgehead atoms. The second-order valence-corrected chi connectivity index (χ2v) is 8.04. The fourth-order valence-electron chi connectivity index (χ4n) is 3.82. The zero-order valence-corrected chi connectivity index (χ0v) is 17.4. The molecule has 145 valence electrons. The molecule has 0 aliphatic carbocycles. The first-order chi connectivity index (χ1) is 11.8. The van der Waals surface area contributed by atoms with Crippen molar-refractivity contribution in [3.05, 3.63) is 6.92 Å². The molecule has 1 unspecified atom stereocenters. The molecule has 0 nitrogen and oxygen atoms in total. The Kier molecular flexibility index (Phi) is 21.0. The molecule has 0 spiro atoms. The zero-order chi connectivity index (χ0) is 17.7. The zero-order valence-electron chi connectivity index (χ0n) is 17.4. The quantitative estimate of drug-likeness (QED) is 0.194. The maximum Gasteiger partial charge on any atom is -0.0414 e. The Morgan fingerprint density at radius 1 is 0.458 bits per heavy atom. The molecular formula is C24H49. The highest BCUT2D eigenvalue weighted by Crippen LogP contribution is 2.24. The fourth-order valence-corrected chi connectivity index (χ4v) is 3.82. The van der Waals surface area contributed by atoms with Crippen molar-refractivity contribution >= 4 is 0 Å². The first-order valence-corrected chi connectivity index (χ1v) is 11.6. The maximum atomic E-state index is 3.98. The van der Waals surface area contributed by atoms with Crippen molar-refractivity contribution in [3.8, 4) is 0 Å². The number of hydrogen-bond acceptors (Lipinski definition) is 0. The van der Waals surface area contributed by atoms with Crippen molar-refractivity contribution in [2.75, 3.05) is 0 Å². The van der Waals surface area contributed by atoms with E-state index in [0.717, 1.165) is 12.3 Å². The fraction of sp³-hybridized carbons (Fsp3) is 0.958. The van der Waals surface area contributed by atoms with Crippen LogP contribution in [0.5, 0.6) is 0 Å². The monoisotopic (exact) mass is 337 g/mol. The Hall–Kier alpha value is 0. The summed E-state index contributed by atoms with van der Waals surface area (Å²) in [6.45, 7) is 8.60. The van der Waals surface area contributed by atoms with Gasteiger partial charge in [-0.05, 0) is 5.92 Å². The molecule has 0 fully saturated rings. The SMILES string of the molecule is [CH2]CCCCCC(CCCCCCCC)CCCCCCCCC.